The largest absolute Gasteiger partial charge is 0.488 e. The van der Waals surface area contributed by atoms with Gasteiger partial charge >= 0.3 is 23.9 Å². The average molecular weight is 1120 g/mol. The molecule has 0 radical (unpaired) electrons. The van der Waals surface area contributed by atoms with Gasteiger partial charge in [0.15, 0.2) is 12.4 Å². The van der Waals surface area contributed by atoms with Crippen LogP contribution in [0.4, 0.5) is 0 Å². The second kappa shape index (κ2) is 31.6. The van der Waals surface area contributed by atoms with E-state index >= 15 is 4.79 Å². The van der Waals surface area contributed by atoms with Crippen LogP contribution in [0.1, 0.15) is 165 Å². The number of carbonyl (C=O) groups excluding carboxylic acids is 4. The first-order chi connectivity index (χ1) is 40.0. The summed E-state index contributed by atoms with van der Waals surface area (Å²) in [6.07, 6.45) is 9.18. The summed E-state index contributed by atoms with van der Waals surface area (Å²) in [5, 5.41) is 0. The summed E-state index contributed by atoms with van der Waals surface area (Å²) in [6, 6.07) is 44.3. The summed E-state index contributed by atoms with van der Waals surface area (Å²) in [5.74, 6) is -1.94. The highest BCUT2D eigenvalue weighted by Gasteiger charge is 2.54. The van der Waals surface area contributed by atoms with E-state index in [0.29, 0.717) is 17.5 Å². The first kappa shape index (κ1) is 60.6. The lowest BCUT2D eigenvalue weighted by Crippen LogP contribution is -2.64. The SMILES string of the molecule is CCCCCCCCCCCCCCCc1cc(O[C@@H]2O[C@@H]3CO[C@@H](c4ccccc4)O[C@H]3[C@H](OC(C)=O)[C@H]2OC(C)=O)cc(OCc2ccccc2)c1C(=O)Oc1cc(C)c(C(=O)OCc2ccccc2)c(OCc2ccccc2)c1. The first-order valence-corrected chi connectivity index (χ1v) is 29.1. The van der Waals surface area contributed by atoms with E-state index in [4.69, 9.17) is 47.4 Å². The quantitative estimate of drug-likeness (QED) is 0.0181. The van der Waals surface area contributed by atoms with Crippen LogP contribution in [-0.2, 0) is 64.3 Å². The fourth-order valence-electron chi connectivity index (χ4n) is 10.4. The number of fused-ring (bicyclic) bond motifs is 1. The van der Waals surface area contributed by atoms with Crippen molar-refractivity contribution in [3.05, 3.63) is 190 Å². The van der Waals surface area contributed by atoms with Gasteiger partial charge in [0.05, 0.1) is 6.61 Å². The number of carbonyl (C=O) groups is 4. The predicted molar refractivity (Wildman–Crippen MR) is 309 cm³/mol. The van der Waals surface area contributed by atoms with Gasteiger partial charge in [-0.25, -0.2) is 9.59 Å². The molecule has 2 fully saturated rings. The third kappa shape index (κ3) is 18.0. The first-order valence-electron chi connectivity index (χ1n) is 29.1. The van der Waals surface area contributed by atoms with Crippen LogP contribution in [0.3, 0.4) is 0 Å². The fourth-order valence-corrected chi connectivity index (χ4v) is 10.4. The number of rotatable bonds is 30. The van der Waals surface area contributed by atoms with Gasteiger partial charge in [0.25, 0.3) is 0 Å². The Morgan fingerprint density at radius 2 is 1.02 bits per heavy atom. The summed E-state index contributed by atoms with van der Waals surface area (Å²) in [4.78, 5) is 54.8. The molecule has 0 aromatic heterocycles. The lowest BCUT2D eigenvalue weighted by molar-refractivity contribution is -0.351. The van der Waals surface area contributed by atoms with E-state index < -0.39 is 60.9 Å². The molecule has 0 saturated carbocycles. The molecule has 2 saturated heterocycles. The Labute approximate surface area is 482 Å². The van der Waals surface area contributed by atoms with Crippen LogP contribution < -0.4 is 18.9 Å². The van der Waals surface area contributed by atoms with Crippen molar-refractivity contribution in [1.29, 1.82) is 0 Å². The predicted octanol–water partition coefficient (Wildman–Crippen LogP) is 14.4. The molecule has 0 aliphatic carbocycles. The van der Waals surface area contributed by atoms with Crippen LogP contribution in [0.25, 0.3) is 0 Å². The molecule has 0 N–H and O–H groups in total. The zero-order valence-corrected chi connectivity index (χ0v) is 47.8. The van der Waals surface area contributed by atoms with Gasteiger partial charge in [-0.1, -0.05) is 205 Å². The highest BCUT2D eigenvalue weighted by atomic mass is 16.8. The minimum absolute atomic E-state index is 0.0312. The normalized spacial score (nSPS) is 18.3. The molecule has 6 aromatic rings. The topological polar surface area (TPSA) is 161 Å². The number of hydrogen-bond acceptors (Lipinski definition) is 14. The molecular formula is C68H78O14. The number of esters is 4. The molecule has 2 aliphatic rings. The molecule has 0 bridgehead atoms. The molecule has 82 heavy (non-hydrogen) atoms. The van der Waals surface area contributed by atoms with Crippen LogP contribution in [0.5, 0.6) is 23.0 Å². The number of aryl methyl sites for hydroxylation is 2. The fraction of sp³-hybridized carbons (Fsp3) is 0.412. The summed E-state index contributed by atoms with van der Waals surface area (Å²) in [7, 11) is 0. The maximum Gasteiger partial charge on any atom is 0.347 e. The molecule has 14 nitrogen and oxygen atoms in total. The van der Waals surface area contributed by atoms with Gasteiger partial charge in [0.2, 0.25) is 12.4 Å². The van der Waals surface area contributed by atoms with Crippen LogP contribution in [0, 0.1) is 6.92 Å². The highest BCUT2D eigenvalue weighted by molar-refractivity contribution is 5.97. The van der Waals surface area contributed by atoms with Crippen molar-refractivity contribution in [2.45, 2.75) is 174 Å². The van der Waals surface area contributed by atoms with Crippen LogP contribution in [-0.4, -0.2) is 61.2 Å². The monoisotopic (exact) mass is 1120 g/mol. The Hall–Kier alpha value is -7.52. The summed E-state index contributed by atoms with van der Waals surface area (Å²) < 4.78 is 62.9. The third-order valence-corrected chi connectivity index (χ3v) is 14.5. The maximum atomic E-state index is 15.2. The summed E-state index contributed by atoms with van der Waals surface area (Å²) in [5.41, 5.74) is 4.66. The van der Waals surface area contributed by atoms with Crippen molar-refractivity contribution in [2.24, 2.45) is 0 Å². The second-order valence-electron chi connectivity index (χ2n) is 21.0. The zero-order valence-electron chi connectivity index (χ0n) is 47.8. The Balaban J connectivity index is 1.11. The molecule has 0 spiro atoms. The minimum Gasteiger partial charge on any atom is -0.488 e. The average Bonchev–Trinajstić information content (AvgIpc) is 3.60. The van der Waals surface area contributed by atoms with E-state index in [2.05, 4.69) is 6.92 Å². The van der Waals surface area contributed by atoms with Crippen molar-refractivity contribution in [1.82, 2.24) is 0 Å². The number of hydrogen-bond donors (Lipinski definition) is 0. The molecule has 434 valence electrons. The second-order valence-corrected chi connectivity index (χ2v) is 21.0. The van der Waals surface area contributed by atoms with Gasteiger partial charge in [0, 0.05) is 31.5 Å². The molecule has 2 heterocycles. The molecule has 6 aromatic carbocycles. The van der Waals surface area contributed by atoms with Crippen molar-refractivity contribution in [2.75, 3.05) is 6.61 Å². The molecule has 6 atom stereocenters. The van der Waals surface area contributed by atoms with Crippen LogP contribution in [0.15, 0.2) is 146 Å². The van der Waals surface area contributed by atoms with Crippen molar-refractivity contribution >= 4 is 23.9 Å². The molecule has 8 rings (SSSR count). The molecule has 14 heteroatoms. The van der Waals surface area contributed by atoms with Crippen LogP contribution in [0.2, 0.25) is 0 Å². The Morgan fingerprint density at radius 1 is 0.524 bits per heavy atom. The minimum atomic E-state index is -1.35. The maximum absolute atomic E-state index is 15.2. The van der Waals surface area contributed by atoms with Gasteiger partial charge in [-0.2, -0.15) is 0 Å². The Morgan fingerprint density at radius 3 is 1.59 bits per heavy atom. The third-order valence-electron chi connectivity index (χ3n) is 14.5. The Kier molecular flexibility index (Phi) is 23.4. The van der Waals surface area contributed by atoms with E-state index in [1.165, 1.54) is 71.3 Å². The van der Waals surface area contributed by atoms with Gasteiger partial charge in [-0.15, -0.1) is 0 Å². The molecular weight excluding hydrogens is 1040 g/mol. The Bertz CT molecular complexity index is 2950. The molecule has 0 amide bonds. The van der Waals surface area contributed by atoms with Crippen LogP contribution >= 0.6 is 0 Å². The standard InChI is InChI=1S/C68H78O14/c1-5-6-7-8-9-10-11-12-13-14-15-16-27-38-54-40-56(80-68-64(78-49(4)70)63(77-48(3)69)62-59(81-68)46-76-67(82-62)53-36-28-20-29-37-53)42-58(74-44-51-32-23-18-24-33-51)61(54)66(72)79-55-39-47(2)60(65(71)75-45-52-34-25-19-26-35-52)57(41-55)73-43-50-30-21-17-22-31-50/h17-26,28-37,39-42,59,62-64,67-68H,5-16,27,38,43-46H2,1-4H3/t59-,62-,63+,64-,67-,68-/m1/s1. The smallest absolute Gasteiger partial charge is 0.347 e. The lowest BCUT2D eigenvalue weighted by Gasteiger charge is -2.47. The van der Waals surface area contributed by atoms with Gasteiger partial charge in [-0.05, 0) is 59.7 Å². The number of benzene rings is 6. The number of ether oxygens (including phenoxy) is 10. The molecule has 2 aliphatic heterocycles. The van der Waals surface area contributed by atoms with E-state index in [1.807, 2.05) is 121 Å². The molecule has 0 unspecified atom stereocenters. The summed E-state index contributed by atoms with van der Waals surface area (Å²) >= 11 is 0. The van der Waals surface area contributed by atoms with Crippen molar-refractivity contribution < 1.29 is 66.5 Å². The van der Waals surface area contributed by atoms with Gasteiger partial charge < -0.3 is 47.4 Å². The zero-order chi connectivity index (χ0) is 57.5. The van der Waals surface area contributed by atoms with Crippen molar-refractivity contribution in [3.8, 4) is 23.0 Å². The van der Waals surface area contributed by atoms with E-state index in [0.717, 1.165) is 54.4 Å². The van der Waals surface area contributed by atoms with Gasteiger partial charge in [-0.3, -0.25) is 9.59 Å². The van der Waals surface area contributed by atoms with E-state index in [-0.39, 0.29) is 60.6 Å². The van der Waals surface area contributed by atoms with E-state index in [1.54, 1.807) is 25.1 Å². The number of unbranched alkanes of at least 4 members (excludes halogenated alkanes) is 12. The highest BCUT2D eigenvalue weighted by Crippen LogP contribution is 2.40. The lowest BCUT2D eigenvalue weighted by atomic mass is 9.96. The summed E-state index contributed by atoms with van der Waals surface area (Å²) in [6.45, 7) is 6.78. The van der Waals surface area contributed by atoms with Crippen molar-refractivity contribution in [3.63, 3.8) is 0 Å². The van der Waals surface area contributed by atoms with E-state index in [9.17, 15) is 14.4 Å². The van der Waals surface area contributed by atoms with Gasteiger partial charge in [0.1, 0.15) is 66.2 Å².